The Hall–Kier alpha value is -1.42. The minimum absolute atomic E-state index is 0.113. The second kappa shape index (κ2) is 7.55. The smallest absolute Gasteiger partial charge is 0.156 e. The van der Waals surface area contributed by atoms with Crippen LogP contribution in [0.5, 0.6) is 5.75 Å². The van der Waals surface area contributed by atoms with Gasteiger partial charge >= 0.3 is 0 Å². The van der Waals surface area contributed by atoms with Crippen molar-refractivity contribution in [1.82, 2.24) is 0 Å². The van der Waals surface area contributed by atoms with Crippen molar-refractivity contribution >= 4 is 28.9 Å². The van der Waals surface area contributed by atoms with Crippen LogP contribution < -0.4 is 10.1 Å². The van der Waals surface area contributed by atoms with Crippen LogP contribution in [0.25, 0.3) is 0 Å². The van der Waals surface area contributed by atoms with Gasteiger partial charge in [0.25, 0.3) is 0 Å². The van der Waals surface area contributed by atoms with E-state index in [9.17, 15) is 5.11 Å². The van der Waals surface area contributed by atoms with Crippen LogP contribution in [0.4, 0.5) is 5.69 Å². The number of halogens is 2. The molecule has 0 saturated carbocycles. The van der Waals surface area contributed by atoms with E-state index in [4.69, 9.17) is 27.9 Å². The molecule has 112 valence electrons. The molecule has 2 aromatic carbocycles. The normalized spacial score (nSPS) is 12.0. The van der Waals surface area contributed by atoms with Crippen LogP contribution in [-0.4, -0.2) is 24.4 Å². The number of anilines is 1. The number of benzene rings is 2. The van der Waals surface area contributed by atoms with Gasteiger partial charge in [-0.3, -0.25) is 0 Å². The highest BCUT2D eigenvalue weighted by Gasteiger charge is 2.10. The summed E-state index contributed by atoms with van der Waals surface area (Å²) in [7, 11) is 0. The summed E-state index contributed by atoms with van der Waals surface area (Å²) in [6, 6.07) is 13.1. The van der Waals surface area contributed by atoms with E-state index in [1.54, 1.807) is 18.2 Å². The molecule has 2 N–H and O–H groups in total. The first-order valence-corrected chi connectivity index (χ1v) is 7.37. The van der Waals surface area contributed by atoms with Crippen molar-refractivity contribution in [3.8, 4) is 5.75 Å². The van der Waals surface area contributed by atoms with Crippen molar-refractivity contribution in [1.29, 1.82) is 0 Å². The lowest BCUT2D eigenvalue weighted by atomic mass is 10.2. The molecule has 0 spiro atoms. The minimum Gasteiger partial charge on any atom is -0.488 e. The molecule has 5 heteroatoms. The molecule has 0 bridgehead atoms. The maximum Gasteiger partial charge on any atom is 0.156 e. The molecular weight excluding hydrogens is 309 g/mol. The Labute approximate surface area is 134 Å². The Balaban J connectivity index is 1.82. The molecule has 21 heavy (non-hydrogen) atoms. The van der Waals surface area contributed by atoms with Crippen molar-refractivity contribution < 1.29 is 9.84 Å². The fourth-order valence-electron chi connectivity index (χ4n) is 1.77. The van der Waals surface area contributed by atoms with Gasteiger partial charge in [-0.15, -0.1) is 0 Å². The zero-order chi connectivity index (χ0) is 15.2. The highest BCUT2D eigenvalue weighted by Crippen LogP contribution is 2.32. The maximum absolute atomic E-state index is 9.93. The maximum atomic E-state index is 9.93. The number of ether oxygens (including phenoxy) is 1. The van der Waals surface area contributed by atoms with Crippen LogP contribution in [-0.2, 0) is 0 Å². The molecular formula is C16H17Cl2NO2. The number of hydrogen-bond acceptors (Lipinski definition) is 3. The molecule has 0 aliphatic carbocycles. The van der Waals surface area contributed by atoms with Gasteiger partial charge < -0.3 is 15.2 Å². The molecule has 0 amide bonds. The number of hydrogen-bond donors (Lipinski definition) is 2. The van der Waals surface area contributed by atoms with E-state index in [0.717, 1.165) is 5.69 Å². The van der Waals surface area contributed by atoms with Crippen molar-refractivity contribution in [3.05, 3.63) is 58.1 Å². The standard InChI is InChI=1S/C16H17Cl2NO2/c1-11-5-7-12(8-6-11)19-9-13(20)10-21-16-14(17)3-2-4-15(16)18/h2-8,13,19-20H,9-10H2,1H3. The van der Waals surface area contributed by atoms with Crippen LogP contribution >= 0.6 is 23.2 Å². The van der Waals surface area contributed by atoms with Crippen LogP contribution in [0.1, 0.15) is 5.56 Å². The van der Waals surface area contributed by atoms with E-state index in [2.05, 4.69) is 5.32 Å². The molecule has 0 aliphatic heterocycles. The van der Waals surface area contributed by atoms with Gasteiger partial charge in [0, 0.05) is 12.2 Å². The van der Waals surface area contributed by atoms with E-state index in [0.29, 0.717) is 22.3 Å². The summed E-state index contributed by atoms with van der Waals surface area (Å²) in [6.45, 7) is 2.52. The summed E-state index contributed by atoms with van der Waals surface area (Å²) >= 11 is 12.0. The van der Waals surface area contributed by atoms with Gasteiger partial charge in [0.05, 0.1) is 10.0 Å². The lowest BCUT2D eigenvalue weighted by Gasteiger charge is -2.15. The Bertz CT molecular complexity index is 567. The van der Waals surface area contributed by atoms with E-state index in [1.165, 1.54) is 5.56 Å². The lowest BCUT2D eigenvalue weighted by Crippen LogP contribution is -2.26. The average molecular weight is 326 g/mol. The number of aliphatic hydroxyl groups is 1. The summed E-state index contributed by atoms with van der Waals surface area (Å²) < 4.78 is 5.48. The second-order valence-electron chi connectivity index (χ2n) is 4.76. The second-order valence-corrected chi connectivity index (χ2v) is 5.58. The highest BCUT2D eigenvalue weighted by atomic mass is 35.5. The quantitative estimate of drug-likeness (QED) is 0.838. The van der Waals surface area contributed by atoms with E-state index in [1.807, 2.05) is 31.2 Å². The molecule has 0 aromatic heterocycles. The first-order chi connectivity index (χ1) is 10.1. The Morgan fingerprint density at radius 2 is 1.71 bits per heavy atom. The summed E-state index contributed by atoms with van der Waals surface area (Å²) in [6.07, 6.45) is -0.668. The van der Waals surface area contributed by atoms with Gasteiger partial charge in [-0.05, 0) is 31.2 Å². The molecule has 2 rings (SSSR count). The van der Waals surface area contributed by atoms with Crippen molar-refractivity contribution in [3.63, 3.8) is 0 Å². The minimum atomic E-state index is -0.668. The number of nitrogens with one attached hydrogen (secondary N) is 1. The van der Waals surface area contributed by atoms with Crippen LogP contribution in [0, 0.1) is 6.92 Å². The molecule has 0 fully saturated rings. The number of aryl methyl sites for hydroxylation is 1. The predicted molar refractivity (Wildman–Crippen MR) is 87.6 cm³/mol. The summed E-state index contributed by atoms with van der Waals surface area (Å²) in [5, 5.41) is 13.9. The number of para-hydroxylation sites is 1. The van der Waals surface area contributed by atoms with Crippen LogP contribution in [0.15, 0.2) is 42.5 Å². The van der Waals surface area contributed by atoms with E-state index >= 15 is 0 Å². The molecule has 2 aromatic rings. The molecule has 1 unspecified atom stereocenters. The Morgan fingerprint density at radius 1 is 1.10 bits per heavy atom. The molecule has 0 heterocycles. The van der Waals surface area contributed by atoms with E-state index in [-0.39, 0.29) is 6.61 Å². The zero-order valence-electron chi connectivity index (χ0n) is 11.6. The summed E-state index contributed by atoms with van der Waals surface area (Å²) in [5.74, 6) is 0.398. The predicted octanol–water partition coefficient (Wildman–Crippen LogP) is 4.15. The SMILES string of the molecule is Cc1ccc(NCC(O)COc2c(Cl)cccc2Cl)cc1. The monoisotopic (exact) mass is 325 g/mol. The number of aliphatic hydroxyl groups excluding tert-OH is 1. The summed E-state index contributed by atoms with van der Waals surface area (Å²) in [5.41, 5.74) is 2.15. The van der Waals surface area contributed by atoms with Gasteiger partial charge in [-0.2, -0.15) is 0 Å². The largest absolute Gasteiger partial charge is 0.488 e. The van der Waals surface area contributed by atoms with Crippen molar-refractivity contribution in [2.75, 3.05) is 18.5 Å². The van der Waals surface area contributed by atoms with E-state index < -0.39 is 6.10 Å². The lowest BCUT2D eigenvalue weighted by molar-refractivity contribution is 0.117. The Morgan fingerprint density at radius 3 is 2.33 bits per heavy atom. The van der Waals surface area contributed by atoms with Gasteiger partial charge in [-0.25, -0.2) is 0 Å². The van der Waals surface area contributed by atoms with Gasteiger partial charge in [0.1, 0.15) is 12.7 Å². The molecule has 0 radical (unpaired) electrons. The van der Waals surface area contributed by atoms with Gasteiger partial charge in [0.15, 0.2) is 5.75 Å². The van der Waals surface area contributed by atoms with Crippen molar-refractivity contribution in [2.24, 2.45) is 0 Å². The fourth-order valence-corrected chi connectivity index (χ4v) is 2.27. The first kappa shape index (κ1) is 16.0. The van der Waals surface area contributed by atoms with Crippen LogP contribution in [0.2, 0.25) is 10.0 Å². The fraction of sp³-hybridized carbons (Fsp3) is 0.250. The molecule has 1 atom stereocenters. The topological polar surface area (TPSA) is 41.5 Å². The third-order valence-corrected chi connectivity index (χ3v) is 3.53. The Kier molecular flexibility index (Phi) is 5.74. The summed E-state index contributed by atoms with van der Waals surface area (Å²) in [4.78, 5) is 0. The van der Waals surface area contributed by atoms with Crippen molar-refractivity contribution in [2.45, 2.75) is 13.0 Å². The third kappa shape index (κ3) is 4.81. The van der Waals surface area contributed by atoms with Gasteiger partial charge in [0.2, 0.25) is 0 Å². The first-order valence-electron chi connectivity index (χ1n) is 6.61. The third-order valence-electron chi connectivity index (χ3n) is 2.93. The molecule has 0 saturated heterocycles. The average Bonchev–Trinajstić information content (AvgIpc) is 2.46. The zero-order valence-corrected chi connectivity index (χ0v) is 13.2. The number of rotatable bonds is 6. The van der Waals surface area contributed by atoms with Gasteiger partial charge in [-0.1, -0.05) is 47.0 Å². The van der Waals surface area contributed by atoms with Crippen LogP contribution in [0.3, 0.4) is 0 Å². The molecule has 0 aliphatic rings. The molecule has 3 nitrogen and oxygen atoms in total. The highest BCUT2D eigenvalue weighted by molar-refractivity contribution is 6.37.